The van der Waals surface area contributed by atoms with Crippen molar-refractivity contribution in [2.45, 2.75) is 20.0 Å². The van der Waals surface area contributed by atoms with Gasteiger partial charge in [-0.25, -0.2) is 0 Å². The minimum absolute atomic E-state index is 0.111. The van der Waals surface area contributed by atoms with Crippen LogP contribution in [0.25, 0.3) is 0 Å². The lowest BCUT2D eigenvalue weighted by molar-refractivity contribution is -0.145. The first-order valence-corrected chi connectivity index (χ1v) is 8.42. The Kier molecular flexibility index (Phi) is 5.40. The fourth-order valence-electron chi connectivity index (χ4n) is 2.54. The number of carbonyl (C=O) groups excluding carboxylic acids is 3. The molecule has 0 fully saturated rings. The highest BCUT2D eigenvalue weighted by atomic mass is 16.7. The van der Waals surface area contributed by atoms with Crippen LogP contribution >= 0.6 is 0 Å². The van der Waals surface area contributed by atoms with E-state index >= 15 is 0 Å². The topological polar surface area (TPSA) is 90.9 Å². The Labute approximate surface area is 156 Å². The predicted octanol–water partition coefficient (Wildman–Crippen LogP) is 2.27. The molecule has 1 aliphatic heterocycles. The predicted molar refractivity (Wildman–Crippen MR) is 96.0 cm³/mol. The molecule has 0 aliphatic carbocycles. The van der Waals surface area contributed by atoms with Crippen LogP contribution in [-0.4, -0.2) is 37.1 Å². The lowest BCUT2D eigenvalue weighted by Gasteiger charge is -2.13. The quantitative estimate of drug-likeness (QED) is 0.620. The van der Waals surface area contributed by atoms with Crippen molar-refractivity contribution in [2.75, 3.05) is 13.3 Å². The molecule has 1 heterocycles. The molecule has 7 nitrogen and oxygen atoms in total. The summed E-state index contributed by atoms with van der Waals surface area (Å²) >= 11 is 0. The number of Topliss-reactive ketones (excluding diaryl/α,β-unsaturated/α-hetero) is 1. The zero-order valence-corrected chi connectivity index (χ0v) is 15.0. The number of carbonyl (C=O) groups is 3. The normalized spacial score (nSPS) is 13.0. The molecular weight excluding hydrogens is 350 g/mol. The summed E-state index contributed by atoms with van der Waals surface area (Å²) in [5.41, 5.74) is 1.82. The molecule has 2 aromatic carbocycles. The summed E-state index contributed by atoms with van der Waals surface area (Å²) in [7, 11) is 0. The van der Waals surface area contributed by atoms with E-state index in [1.54, 1.807) is 24.3 Å². The van der Waals surface area contributed by atoms with Crippen molar-refractivity contribution in [3.63, 3.8) is 0 Å². The molecule has 3 rings (SSSR count). The van der Waals surface area contributed by atoms with E-state index in [1.165, 1.54) is 13.0 Å². The minimum Gasteiger partial charge on any atom is -0.454 e. The van der Waals surface area contributed by atoms with Crippen molar-refractivity contribution in [3.8, 4) is 11.5 Å². The van der Waals surface area contributed by atoms with Crippen LogP contribution in [-0.2, 0) is 9.53 Å². The molecule has 1 N–H and O–H groups in total. The molecule has 2 aromatic rings. The first kappa shape index (κ1) is 18.4. The van der Waals surface area contributed by atoms with Gasteiger partial charge in [-0.3, -0.25) is 14.4 Å². The number of ketones is 1. The maximum atomic E-state index is 12.3. The Morgan fingerprint density at radius 3 is 2.44 bits per heavy atom. The number of rotatable bonds is 6. The van der Waals surface area contributed by atoms with Gasteiger partial charge in [-0.05, 0) is 32.0 Å². The lowest BCUT2D eigenvalue weighted by Crippen LogP contribution is -2.34. The van der Waals surface area contributed by atoms with Gasteiger partial charge in [0.15, 0.2) is 17.6 Å². The summed E-state index contributed by atoms with van der Waals surface area (Å²) < 4.78 is 15.5. The first-order chi connectivity index (χ1) is 12.9. The van der Waals surface area contributed by atoms with E-state index in [4.69, 9.17) is 14.2 Å². The molecule has 0 radical (unpaired) electrons. The van der Waals surface area contributed by atoms with Gasteiger partial charge < -0.3 is 19.5 Å². The molecule has 140 valence electrons. The lowest BCUT2D eigenvalue weighted by atomic mass is 10.1. The van der Waals surface area contributed by atoms with Gasteiger partial charge in [0.1, 0.15) is 6.54 Å². The second-order valence-electron chi connectivity index (χ2n) is 6.11. The minimum atomic E-state index is -0.942. The van der Waals surface area contributed by atoms with Crippen LogP contribution in [0.3, 0.4) is 0 Å². The van der Waals surface area contributed by atoms with Crippen molar-refractivity contribution >= 4 is 17.7 Å². The van der Waals surface area contributed by atoms with Gasteiger partial charge in [-0.2, -0.15) is 0 Å². The van der Waals surface area contributed by atoms with Crippen LogP contribution in [0.15, 0.2) is 42.5 Å². The van der Waals surface area contributed by atoms with Crippen LogP contribution in [0.1, 0.15) is 33.2 Å². The number of esters is 1. The van der Waals surface area contributed by atoms with E-state index in [2.05, 4.69) is 5.32 Å². The molecule has 0 saturated heterocycles. The van der Waals surface area contributed by atoms with E-state index in [0.717, 1.165) is 5.56 Å². The smallest absolute Gasteiger partial charge is 0.326 e. The third kappa shape index (κ3) is 4.44. The Hall–Kier alpha value is -3.35. The Morgan fingerprint density at radius 2 is 1.70 bits per heavy atom. The monoisotopic (exact) mass is 369 g/mol. The summed E-state index contributed by atoms with van der Waals surface area (Å²) in [5.74, 6) is -0.415. The van der Waals surface area contributed by atoms with Crippen LogP contribution in [0.5, 0.6) is 11.5 Å². The van der Waals surface area contributed by atoms with Gasteiger partial charge in [-0.15, -0.1) is 0 Å². The Balaban J connectivity index is 1.50. The molecule has 0 bridgehead atoms. The van der Waals surface area contributed by atoms with Crippen molar-refractivity contribution in [1.82, 2.24) is 5.32 Å². The highest BCUT2D eigenvalue weighted by Crippen LogP contribution is 2.32. The van der Waals surface area contributed by atoms with Gasteiger partial charge in [0.2, 0.25) is 12.6 Å². The number of fused-ring (bicyclic) bond motifs is 1. The van der Waals surface area contributed by atoms with Crippen molar-refractivity contribution in [3.05, 3.63) is 59.2 Å². The fourth-order valence-corrected chi connectivity index (χ4v) is 2.54. The number of nitrogens with one attached hydrogen (secondary N) is 1. The van der Waals surface area contributed by atoms with Crippen LogP contribution in [0.2, 0.25) is 0 Å². The third-order valence-corrected chi connectivity index (χ3v) is 4.04. The van der Waals surface area contributed by atoms with Crippen molar-refractivity contribution in [1.29, 1.82) is 0 Å². The van der Waals surface area contributed by atoms with Gasteiger partial charge >= 0.3 is 5.97 Å². The van der Waals surface area contributed by atoms with Gasteiger partial charge in [0.05, 0.1) is 0 Å². The van der Waals surface area contributed by atoms with Gasteiger partial charge in [-0.1, -0.05) is 29.8 Å². The average molecular weight is 369 g/mol. The molecular formula is C20H19NO6. The van der Waals surface area contributed by atoms with Gasteiger partial charge in [0.25, 0.3) is 5.91 Å². The standard InChI is InChI=1S/C20H19NO6/c1-12-3-5-14(6-4-12)19(23)13(2)27-18(22)10-21-20(24)15-7-8-16-17(9-15)26-11-25-16/h3-9,13H,10-11H2,1-2H3,(H,21,24). The maximum Gasteiger partial charge on any atom is 0.326 e. The maximum absolute atomic E-state index is 12.3. The fraction of sp³-hybridized carbons (Fsp3) is 0.250. The van der Waals surface area contributed by atoms with Crippen LogP contribution < -0.4 is 14.8 Å². The molecule has 1 amide bonds. The Bertz CT molecular complexity index is 875. The zero-order valence-electron chi connectivity index (χ0n) is 15.0. The van der Waals surface area contributed by atoms with Crippen LogP contribution in [0, 0.1) is 6.92 Å². The summed E-state index contributed by atoms with van der Waals surface area (Å²) in [6.07, 6.45) is -0.942. The van der Waals surface area contributed by atoms with E-state index < -0.39 is 18.0 Å². The average Bonchev–Trinajstić information content (AvgIpc) is 3.13. The molecule has 7 heteroatoms. The molecule has 0 saturated carbocycles. The number of aryl methyl sites for hydroxylation is 1. The summed E-state index contributed by atoms with van der Waals surface area (Å²) in [6.45, 7) is 3.18. The molecule has 0 spiro atoms. The van der Waals surface area contributed by atoms with Crippen molar-refractivity contribution in [2.24, 2.45) is 0 Å². The van der Waals surface area contributed by atoms with E-state index in [0.29, 0.717) is 22.6 Å². The number of ether oxygens (including phenoxy) is 3. The largest absolute Gasteiger partial charge is 0.454 e. The van der Waals surface area contributed by atoms with E-state index in [-0.39, 0.29) is 19.1 Å². The first-order valence-electron chi connectivity index (χ1n) is 8.42. The molecule has 1 aliphatic rings. The number of hydrogen-bond donors (Lipinski definition) is 1. The molecule has 27 heavy (non-hydrogen) atoms. The van der Waals surface area contributed by atoms with Gasteiger partial charge in [0, 0.05) is 11.1 Å². The number of amides is 1. The highest BCUT2D eigenvalue weighted by molar-refractivity contribution is 6.00. The summed E-state index contributed by atoms with van der Waals surface area (Å²) in [6, 6.07) is 11.7. The summed E-state index contributed by atoms with van der Waals surface area (Å²) in [5, 5.41) is 2.46. The van der Waals surface area contributed by atoms with E-state index in [9.17, 15) is 14.4 Å². The zero-order chi connectivity index (χ0) is 19.4. The molecule has 0 aromatic heterocycles. The van der Waals surface area contributed by atoms with E-state index in [1.807, 2.05) is 19.1 Å². The summed E-state index contributed by atoms with van der Waals surface area (Å²) in [4.78, 5) is 36.3. The number of hydrogen-bond acceptors (Lipinski definition) is 6. The number of benzene rings is 2. The molecule has 1 atom stereocenters. The SMILES string of the molecule is Cc1ccc(C(=O)C(C)OC(=O)CNC(=O)c2ccc3c(c2)OCO3)cc1. The van der Waals surface area contributed by atoms with Crippen molar-refractivity contribution < 1.29 is 28.6 Å². The molecule has 1 unspecified atom stereocenters. The second-order valence-corrected chi connectivity index (χ2v) is 6.11. The Morgan fingerprint density at radius 1 is 1.04 bits per heavy atom. The second kappa shape index (κ2) is 7.90. The highest BCUT2D eigenvalue weighted by Gasteiger charge is 2.20. The third-order valence-electron chi connectivity index (χ3n) is 4.04. The van der Waals surface area contributed by atoms with Crippen LogP contribution in [0.4, 0.5) is 0 Å².